The van der Waals surface area contributed by atoms with E-state index in [0.717, 1.165) is 44.1 Å². The van der Waals surface area contributed by atoms with E-state index in [2.05, 4.69) is 14.9 Å². The zero-order chi connectivity index (χ0) is 25.0. The molecular formula is C26H27F2N3O3S. The second-order valence-electron chi connectivity index (χ2n) is 8.74. The average Bonchev–Trinajstić information content (AvgIpc) is 2.83. The number of halogens is 2. The first kappa shape index (κ1) is 24.8. The van der Waals surface area contributed by atoms with Crippen LogP contribution < -0.4 is 10.0 Å². The summed E-state index contributed by atoms with van der Waals surface area (Å²) in [6, 6.07) is 16.3. The smallest absolute Gasteiger partial charge is 0.261 e. The third-order valence-corrected chi connectivity index (χ3v) is 7.46. The van der Waals surface area contributed by atoms with Gasteiger partial charge < -0.3 is 5.32 Å². The summed E-state index contributed by atoms with van der Waals surface area (Å²) in [7, 11) is -3.88. The molecule has 1 aliphatic heterocycles. The van der Waals surface area contributed by atoms with Crippen LogP contribution in [0.25, 0.3) is 0 Å². The minimum Gasteiger partial charge on any atom is -0.349 e. The number of sulfonamides is 1. The standard InChI is InChI=1S/C26H27F2N3O3S/c1-18-16-24(10-11-25(18)28)35(33,34)30-23-8-4-20(5-9-23)26(32)29-22-12-14-31(15-13-22)17-19-2-6-21(27)7-3-19/h2-11,16,22,30H,12-15,17H2,1H3,(H,29,32). The van der Waals surface area contributed by atoms with Crippen molar-refractivity contribution < 1.29 is 22.0 Å². The summed E-state index contributed by atoms with van der Waals surface area (Å²) >= 11 is 0. The van der Waals surface area contributed by atoms with Gasteiger partial charge in [0.2, 0.25) is 0 Å². The van der Waals surface area contributed by atoms with Crippen molar-refractivity contribution in [1.29, 1.82) is 0 Å². The van der Waals surface area contributed by atoms with Crippen LogP contribution in [0.5, 0.6) is 0 Å². The highest BCUT2D eigenvalue weighted by Crippen LogP contribution is 2.20. The van der Waals surface area contributed by atoms with Crippen molar-refractivity contribution in [2.24, 2.45) is 0 Å². The van der Waals surface area contributed by atoms with E-state index in [0.29, 0.717) is 11.3 Å². The zero-order valence-corrected chi connectivity index (χ0v) is 20.1. The maximum atomic E-state index is 13.5. The van der Waals surface area contributed by atoms with Crippen LogP contribution in [0.2, 0.25) is 0 Å². The molecule has 184 valence electrons. The van der Waals surface area contributed by atoms with Crippen LogP contribution in [0.1, 0.15) is 34.3 Å². The largest absolute Gasteiger partial charge is 0.349 e. The van der Waals surface area contributed by atoms with Crippen LogP contribution in [0.4, 0.5) is 14.5 Å². The summed E-state index contributed by atoms with van der Waals surface area (Å²) in [5.74, 6) is -0.938. The van der Waals surface area contributed by atoms with Crippen LogP contribution in [-0.4, -0.2) is 38.4 Å². The number of nitrogens with zero attached hydrogens (tertiary/aromatic N) is 1. The Morgan fingerprint density at radius 3 is 2.26 bits per heavy atom. The normalized spacial score (nSPS) is 15.1. The topological polar surface area (TPSA) is 78.5 Å². The lowest BCUT2D eigenvalue weighted by atomic mass is 10.0. The summed E-state index contributed by atoms with van der Waals surface area (Å²) in [6.07, 6.45) is 1.61. The van der Waals surface area contributed by atoms with E-state index < -0.39 is 15.8 Å². The number of hydrogen-bond donors (Lipinski definition) is 2. The van der Waals surface area contributed by atoms with E-state index in [-0.39, 0.29) is 28.2 Å². The van der Waals surface area contributed by atoms with E-state index in [9.17, 15) is 22.0 Å². The van der Waals surface area contributed by atoms with Crippen LogP contribution >= 0.6 is 0 Å². The molecule has 0 unspecified atom stereocenters. The maximum Gasteiger partial charge on any atom is 0.261 e. The Balaban J connectivity index is 1.29. The van der Waals surface area contributed by atoms with Gasteiger partial charge in [0, 0.05) is 36.9 Å². The number of benzene rings is 3. The lowest BCUT2D eigenvalue weighted by Crippen LogP contribution is -2.44. The third-order valence-electron chi connectivity index (χ3n) is 6.08. The molecule has 1 heterocycles. The summed E-state index contributed by atoms with van der Waals surface area (Å²) in [4.78, 5) is 14.9. The number of aryl methyl sites for hydroxylation is 1. The van der Waals surface area contributed by atoms with Crippen LogP contribution in [0.15, 0.2) is 71.6 Å². The van der Waals surface area contributed by atoms with E-state index in [4.69, 9.17) is 0 Å². The lowest BCUT2D eigenvalue weighted by Gasteiger charge is -2.32. The fourth-order valence-electron chi connectivity index (χ4n) is 4.04. The minimum absolute atomic E-state index is 0.0380. The first-order valence-electron chi connectivity index (χ1n) is 11.4. The predicted octanol–water partition coefficient (Wildman–Crippen LogP) is 4.47. The first-order chi connectivity index (χ1) is 16.7. The molecule has 1 aliphatic rings. The summed E-state index contributed by atoms with van der Waals surface area (Å²) in [6.45, 7) is 3.89. The van der Waals surface area contributed by atoms with Crippen molar-refractivity contribution in [1.82, 2.24) is 10.2 Å². The molecule has 2 N–H and O–H groups in total. The number of anilines is 1. The highest BCUT2D eigenvalue weighted by molar-refractivity contribution is 7.92. The van der Waals surface area contributed by atoms with Gasteiger partial charge in [0.05, 0.1) is 4.90 Å². The molecule has 0 spiro atoms. The van der Waals surface area contributed by atoms with Gasteiger partial charge in [-0.1, -0.05) is 12.1 Å². The van der Waals surface area contributed by atoms with Gasteiger partial charge in [0.1, 0.15) is 11.6 Å². The third kappa shape index (κ3) is 6.43. The van der Waals surface area contributed by atoms with Gasteiger partial charge in [-0.3, -0.25) is 14.4 Å². The maximum absolute atomic E-state index is 13.5. The average molecular weight is 500 g/mol. The number of carbonyl (C=O) groups excluding carboxylic acids is 1. The molecule has 1 amide bonds. The molecule has 1 saturated heterocycles. The Labute approximate surface area is 204 Å². The summed E-state index contributed by atoms with van der Waals surface area (Å²) in [5.41, 5.74) is 2.03. The Morgan fingerprint density at radius 2 is 1.63 bits per heavy atom. The molecule has 0 saturated carbocycles. The van der Waals surface area contributed by atoms with Gasteiger partial charge in [-0.15, -0.1) is 0 Å². The lowest BCUT2D eigenvalue weighted by molar-refractivity contribution is 0.0909. The van der Waals surface area contributed by atoms with Gasteiger partial charge in [-0.2, -0.15) is 0 Å². The molecule has 0 aliphatic carbocycles. The molecule has 0 radical (unpaired) electrons. The number of hydrogen-bond acceptors (Lipinski definition) is 4. The van der Waals surface area contributed by atoms with E-state index in [1.165, 1.54) is 43.3 Å². The molecule has 35 heavy (non-hydrogen) atoms. The molecule has 0 aromatic heterocycles. The quantitative estimate of drug-likeness (QED) is 0.503. The van der Waals surface area contributed by atoms with Crippen molar-refractivity contribution in [3.05, 3.63) is 95.1 Å². The Bertz CT molecular complexity index is 1290. The zero-order valence-electron chi connectivity index (χ0n) is 19.3. The second kappa shape index (κ2) is 10.5. The molecule has 3 aromatic rings. The Morgan fingerprint density at radius 1 is 0.971 bits per heavy atom. The number of carbonyl (C=O) groups is 1. The van der Waals surface area contributed by atoms with Gasteiger partial charge in [0.15, 0.2) is 0 Å². The summed E-state index contributed by atoms with van der Waals surface area (Å²) < 4.78 is 54.1. The predicted molar refractivity (Wildman–Crippen MR) is 131 cm³/mol. The second-order valence-corrected chi connectivity index (χ2v) is 10.4. The monoisotopic (exact) mass is 499 g/mol. The van der Waals surface area contributed by atoms with Crippen molar-refractivity contribution in [2.45, 2.75) is 37.2 Å². The van der Waals surface area contributed by atoms with Crippen molar-refractivity contribution >= 4 is 21.6 Å². The van der Waals surface area contributed by atoms with Crippen LogP contribution in [-0.2, 0) is 16.6 Å². The Hall–Kier alpha value is -3.30. The van der Waals surface area contributed by atoms with E-state index >= 15 is 0 Å². The van der Waals surface area contributed by atoms with E-state index in [1.54, 1.807) is 24.3 Å². The molecule has 4 rings (SSSR count). The number of rotatable bonds is 7. The van der Waals surface area contributed by atoms with Crippen LogP contribution in [0, 0.1) is 18.6 Å². The van der Waals surface area contributed by atoms with Crippen molar-refractivity contribution in [3.63, 3.8) is 0 Å². The first-order valence-corrected chi connectivity index (χ1v) is 12.8. The number of piperidine rings is 1. The molecule has 6 nitrogen and oxygen atoms in total. The minimum atomic E-state index is -3.88. The molecule has 3 aromatic carbocycles. The highest BCUT2D eigenvalue weighted by atomic mass is 32.2. The molecular weight excluding hydrogens is 472 g/mol. The fourth-order valence-corrected chi connectivity index (χ4v) is 5.18. The number of amides is 1. The fraction of sp³-hybridized carbons (Fsp3) is 0.269. The Kier molecular flexibility index (Phi) is 7.47. The molecule has 9 heteroatoms. The van der Waals surface area contributed by atoms with Gasteiger partial charge >= 0.3 is 0 Å². The van der Waals surface area contributed by atoms with Gasteiger partial charge in [0.25, 0.3) is 15.9 Å². The molecule has 0 bridgehead atoms. The molecule has 0 atom stereocenters. The van der Waals surface area contributed by atoms with Gasteiger partial charge in [-0.25, -0.2) is 17.2 Å². The SMILES string of the molecule is Cc1cc(S(=O)(=O)Nc2ccc(C(=O)NC3CCN(Cc4ccc(F)cc4)CC3)cc2)ccc1F. The highest BCUT2D eigenvalue weighted by Gasteiger charge is 2.21. The number of nitrogens with one attached hydrogen (secondary N) is 2. The number of likely N-dealkylation sites (tertiary alicyclic amines) is 1. The molecule has 1 fully saturated rings. The van der Waals surface area contributed by atoms with E-state index in [1.807, 2.05) is 0 Å². The summed E-state index contributed by atoms with van der Waals surface area (Å²) in [5, 5.41) is 3.04. The van der Waals surface area contributed by atoms with Crippen LogP contribution in [0.3, 0.4) is 0 Å². The van der Waals surface area contributed by atoms with Gasteiger partial charge in [-0.05, 0) is 85.5 Å². The van der Waals surface area contributed by atoms with Crippen molar-refractivity contribution in [2.75, 3.05) is 17.8 Å². The van der Waals surface area contributed by atoms with Crippen molar-refractivity contribution in [3.8, 4) is 0 Å².